The Morgan fingerprint density at radius 3 is 2.13 bits per heavy atom. The van der Waals surface area contributed by atoms with Gasteiger partial charge < -0.3 is 14.6 Å². The molecule has 0 aliphatic rings. The summed E-state index contributed by atoms with van der Waals surface area (Å²) in [6.45, 7) is 3.54. The quantitative estimate of drug-likeness (QED) is 0.423. The van der Waals surface area contributed by atoms with Crippen molar-refractivity contribution in [3.63, 3.8) is 0 Å². The molecule has 0 saturated heterocycles. The molecule has 0 spiro atoms. The van der Waals surface area contributed by atoms with Crippen LogP contribution in [0.4, 0.5) is 5.69 Å². The first-order valence-electron chi connectivity index (χ1n) is 9.07. The van der Waals surface area contributed by atoms with Crippen LogP contribution < -0.4 is 11.2 Å². The van der Waals surface area contributed by atoms with Crippen molar-refractivity contribution in [3.05, 3.63) is 67.4 Å². The van der Waals surface area contributed by atoms with Gasteiger partial charge in [-0.3, -0.25) is 13.9 Å². The van der Waals surface area contributed by atoms with E-state index in [1.54, 1.807) is 32.0 Å². The zero-order valence-corrected chi connectivity index (χ0v) is 18.0. The molecule has 2 rings (SSSR count). The molecule has 0 atom stereocenters. The minimum Gasteiger partial charge on any atom is -0.494 e. The molecule has 0 amide bonds. The molecule has 164 valence electrons. The van der Waals surface area contributed by atoms with Crippen molar-refractivity contribution < 1.29 is 24.2 Å². The molecule has 1 N–H and O–H groups in total. The second kappa shape index (κ2) is 9.24. The Balaban J connectivity index is 3.09. The Morgan fingerprint density at radius 1 is 1.03 bits per heavy atom. The fraction of sp³-hybridized carbons (Fsp3) is 0.286. The number of aromatic nitrogens is 2. The normalized spacial score (nSPS) is 11.9. The standard InChI is InChI=1S/C21H23N3O7/c1-11-8-7-9-12(2)16(11)22-17(13(20(28)31-6)10-14(25)30-5)15-18(26)23(3)21(29)24(4)19(15)27/h7-10,26H,1-6H3/b13-10+,22-17?. The van der Waals surface area contributed by atoms with Crippen molar-refractivity contribution in [1.29, 1.82) is 0 Å². The number of rotatable bonds is 5. The van der Waals surface area contributed by atoms with Gasteiger partial charge in [-0.1, -0.05) is 18.2 Å². The van der Waals surface area contributed by atoms with Gasteiger partial charge in [0.05, 0.1) is 31.2 Å². The third-order valence-electron chi connectivity index (χ3n) is 4.66. The number of hydrogen-bond donors (Lipinski definition) is 1. The maximum absolute atomic E-state index is 12.9. The Bertz CT molecular complexity index is 1210. The highest BCUT2D eigenvalue weighted by Gasteiger charge is 2.28. The Morgan fingerprint density at radius 2 is 1.61 bits per heavy atom. The van der Waals surface area contributed by atoms with Crippen molar-refractivity contribution in [1.82, 2.24) is 9.13 Å². The van der Waals surface area contributed by atoms with Crippen LogP contribution in [-0.4, -0.2) is 46.1 Å². The molecule has 1 aromatic carbocycles. The molecule has 0 fully saturated rings. The topological polar surface area (TPSA) is 129 Å². The van der Waals surface area contributed by atoms with Crippen LogP contribution in [0.3, 0.4) is 0 Å². The summed E-state index contributed by atoms with van der Waals surface area (Å²) < 4.78 is 11.0. The van der Waals surface area contributed by atoms with E-state index >= 15 is 0 Å². The first kappa shape index (κ1) is 23.3. The molecule has 0 aliphatic carbocycles. The van der Waals surface area contributed by atoms with Crippen LogP contribution in [0.15, 0.2) is 44.4 Å². The molecule has 31 heavy (non-hydrogen) atoms. The maximum Gasteiger partial charge on any atom is 0.340 e. The highest BCUT2D eigenvalue weighted by Crippen LogP contribution is 2.27. The van der Waals surface area contributed by atoms with Gasteiger partial charge in [0.25, 0.3) is 5.56 Å². The predicted molar refractivity (Wildman–Crippen MR) is 113 cm³/mol. The van der Waals surface area contributed by atoms with E-state index in [0.717, 1.165) is 29.4 Å². The van der Waals surface area contributed by atoms with E-state index in [2.05, 4.69) is 9.73 Å². The van der Waals surface area contributed by atoms with E-state index in [1.807, 2.05) is 0 Å². The second-order valence-corrected chi connectivity index (χ2v) is 6.68. The molecular weight excluding hydrogens is 406 g/mol. The molecule has 2 aromatic rings. The van der Waals surface area contributed by atoms with Crippen LogP contribution >= 0.6 is 0 Å². The van der Waals surface area contributed by atoms with Gasteiger partial charge in [0, 0.05) is 20.2 Å². The van der Waals surface area contributed by atoms with Crippen molar-refractivity contribution >= 4 is 23.3 Å². The van der Waals surface area contributed by atoms with Crippen LogP contribution in [0.25, 0.3) is 0 Å². The molecule has 1 aromatic heterocycles. The third-order valence-corrected chi connectivity index (χ3v) is 4.66. The van der Waals surface area contributed by atoms with Crippen LogP contribution in [0, 0.1) is 13.8 Å². The summed E-state index contributed by atoms with van der Waals surface area (Å²) >= 11 is 0. The van der Waals surface area contributed by atoms with Gasteiger partial charge in [0.1, 0.15) is 5.56 Å². The summed E-state index contributed by atoms with van der Waals surface area (Å²) in [6, 6.07) is 5.34. The number of aryl methyl sites for hydroxylation is 2. The van der Waals surface area contributed by atoms with Crippen LogP contribution in [0.5, 0.6) is 5.88 Å². The summed E-state index contributed by atoms with van der Waals surface area (Å²) in [6.07, 6.45) is 0.808. The number of carbonyl (C=O) groups is 2. The predicted octanol–water partition coefficient (Wildman–Crippen LogP) is 0.800. The van der Waals surface area contributed by atoms with E-state index in [0.29, 0.717) is 16.8 Å². The van der Waals surface area contributed by atoms with Gasteiger partial charge >= 0.3 is 17.6 Å². The number of benzene rings is 1. The fourth-order valence-electron chi connectivity index (χ4n) is 2.90. The Labute approximate surface area is 177 Å². The number of carbonyl (C=O) groups excluding carboxylic acids is 2. The summed E-state index contributed by atoms with van der Waals surface area (Å²) in [5, 5.41) is 10.6. The van der Waals surface area contributed by atoms with Gasteiger partial charge in [-0.25, -0.2) is 19.4 Å². The van der Waals surface area contributed by atoms with Crippen molar-refractivity contribution in [2.24, 2.45) is 19.1 Å². The number of para-hydroxylation sites is 1. The number of esters is 2. The van der Waals surface area contributed by atoms with Crippen molar-refractivity contribution in [2.45, 2.75) is 13.8 Å². The zero-order chi connectivity index (χ0) is 23.5. The van der Waals surface area contributed by atoms with Crippen LogP contribution in [0.2, 0.25) is 0 Å². The SMILES string of the molecule is COC(=O)/C=C(/C(=O)OC)C(=Nc1c(C)cccc1C)c1c(O)n(C)c(=O)n(C)c1=O. The van der Waals surface area contributed by atoms with Gasteiger partial charge in [0.2, 0.25) is 5.88 Å². The summed E-state index contributed by atoms with van der Waals surface area (Å²) in [7, 11) is 4.66. The number of ether oxygens (including phenoxy) is 2. The summed E-state index contributed by atoms with van der Waals surface area (Å²) in [5.74, 6) is -2.63. The lowest BCUT2D eigenvalue weighted by molar-refractivity contribution is -0.138. The minimum atomic E-state index is -0.995. The first-order valence-corrected chi connectivity index (χ1v) is 9.07. The molecule has 0 saturated carbocycles. The van der Waals surface area contributed by atoms with Crippen LogP contribution in [0.1, 0.15) is 16.7 Å². The van der Waals surface area contributed by atoms with Gasteiger partial charge in [0.15, 0.2) is 0 Å². The average Bonchev–Trinajstić information content (AvgIpc) is 2.75. The summed E-state index contributed by atoms with van der Waals surface area (Å²) in [4.78, 5) is 54.1. The van der Waals surface area contributed by atoms with Gasteiger partial charge in [-0.05, 0) is 25.0 Å². The zero-order valence-electron chi connectivity index (χ0n) is 18.0. The molecule has 0 aliphatic heterocycles. The molecule has 1 heterocycles. The average molecular weight is 429 g/mol. The summed E-state index contributed by atoms with van der Waals surface area (Å²) in [5.41, 5.74) is -1.09. The molecular formula is C21H23N3O7. The van der Waals surface area contributed by atoms with Gasteiger partial charge in [-0.2, -0.15) is 0 Å². The Hall–Kier alpha value is -3.95. The maximum atomic E-state index is 12.9. The molecule has 10 heteroatoms. The number of methoxy groups -OCH3 is 2. The van der Waals surface area contributed by atoms with E-state index in [4.69, 9.17) is 4.74 Å². The highest BCUT2D eigenvalue weighted by molar-refractivity contribution is 6.29. The lowest BCUT2D eigenvalue weighted by Gasteiger charge is -2.15. The first-order chi connectivity index (χ1) is 14.5. The third kappa shape index (κ3) is 4.47. The second-order valence-electron chi connectivity index (χ2n) is 6.68. The van der Waals surface area contributed by atoms with Crippen molar-refractivity contribution in [2.75, 3.05) is 14.2 Å². The Kier molecular flexibility index (Phi) is 6.96. The van der Waals surface area contributed by atoms with E-state index in [9.17, 15) is 24.3 Å². The minimum absolute atomic E-state index is 0.344. The molecule has 0 radical (unpaired) electrons. The largest absolute Gasteiger partial charge is 0.494 e. The number of nitrogens with zero attached hydrogens (tertiary/aromatic N) is 3. The number of hydrogen-bond acceptors (Lipinski definition) is 8. The lowest BCUT2D eigenvalue weighted by Crippen LogP contribution is -2.40. The van der Waals surface area contributed by atoms with Crippen molar-refractivity contribution in [3.8, 4) is 5.88 Å². The van der Waals surface area contributed by atoms with Gasteiger partial charge in [-0.15, -0.1) is 0 Å². The van der Waals surface area contributed by atoms with E-state index in [1.165, 1.54) is 14.1 Å². The van der Waals surface area contributed by atoms with Crippen LogP contribution in [-0.2, 0) is 33.2 Å². The smallest absolute Gasteiger partial charge is 0.340 e. The monoisotopic (exact) mass is 429 g/mol. The highest BCUT2D eigenvalue weighted by atomic mass is 16.5. The lowest BCUT2D eigenvalue weighted by atomic mass is 10.0. The van der Waals surface area contributed by atoms with E-state index < -0.39 is 40.2 Å². The molecule has 10 nitrogen and oxygen atoms in total. The number of aromatic hydroxyl groups is 1. The van der Waals surface area contributed by atoms with E-state index in [-0.39, 0.29) is 5.71 Å². The molecule has 0 bridgehead atoms. The fourth-order valence-corrected chi connectivity index (χ4v) is 2.90. The number of aliphatic imine (C=N–C) groups is 1. The molecule has 0 unspecified atom stereocenters.